The maximum absolute atomic E-state index is 3.73. The van der Waals surface area contributed by atoms with Crippen LogP contribution in [0.3, 0.4) is 0 Å². The lowest BCUT2D eigenvalue weighted by atomic mass is 10.1. The van der Waals surface area contributed by atoms with Crippen molar-refractivity contribution in [3.05, 3.63) is 0 Å². The molecule has 1 aliphatic carbocycles. The molecule has 1 heterocycles. The van der Waals surface area contributed by atoms with E-state index in [9.17, 15) is 0 Å². The summed E-state index contributed by atoms with van der Waals surface area (Å²) in [6.07, 6.45) is 4.22. The SMILES string of the molecule is CCSC1CCC(NC2CNC2)C1. The Hall–Kier alpha value is 0.270. The van der Waals surface area contributed by atoms with E-state index in [0.29, 0.717) is 0 Å². The molecule has 13 heavy (non-hydrogen) atoms. The van der Waals surface area contributed by atoms with E-state index in [4.69, 9.17) is 0 Å². The lowest BCUT2D eigenvalue weighted by molar-refractivity contribution is 0.328. The second-order valence-corrected chi connectivity index (χ2v) is 5.69. The summed E-state index contributed by atoms with van der Waals surface area (Å²) in [5.41, 5.74) is 0. The number of hydrogen-bond donors (Lipinski definition) is 2. The third-order valence-corrected chi connectivity index (χ3v) is 4.27. The molecule has 2 atom stereocenters. The van der Waals surface area contributed by atoms with Gasteiger partial charge in [-0.2, -0.15) is 11.8 Å². The van der Waals surface area contributed by atoms with E-state index in [1.54, 1.807) is 0 Å². The molecule has 0 amide bonds. The number of nitrogens with one attached hydrogen (secondary N) is 2. The van der Waals surface area contributed by atoms with Crippen LogP contribution in [-0.4, -0.2) is 36.2 Å². The van der Waals surface area contributed by atoms with Gasteiger partial charge >= 0.3 is 0 Å². The molecule has 1 aliphatic heterocycles. The Morgan fingerprint density at radius 1 is 1.31 bits per heavy atom. The molecule has 2 aliphatic rings. The minimum absolute atomic E-state index is 0.773. The van der Waals surface area contributed by atoms with Crippen LogP contribution in [0.2, 0.25) is 0 Å². The molecule has 2 N–H and O–H groups in total. The summed E-state index contributed by atoms with van der Waals surface area (Å²) in [5, 5.41) is 7.97. The maximum Gasteiger partial charge on any atom is 0.0319 e. The quantitative estimate of drug-likeness (QED) is 0.713. The summed E-state index contributed by atoms with van der Waals surface area (Å²) in [7, 11) is 0. The van der Waals surface area contributed by atoms with Gasteiger partial charge in [0.2, 0.25) is 0 Å². The smallest absolute Gasteiger partial charge is 0.0319 e. The van der Waals surface area contributed by atoms with Gasteiger partial charge in [0, 0.05) is 30.4 Å². The average Bonchev–Trinajstić information content (AvgIpc) is 2.46. The van der Waals surface area contributed by atoms with Crippen molar-refractivity contribution in [3.63, 3.8) is 0 Å². The van der Waals surface area contributed by atoms with Crippen LogP contribution in [0.4, 0.5) is 0 Å². The van der Waals surface area contributed by atoms with Gasteiger partial charge < -0.3 is 10.6 Å². The Morgan fingerprint density at radius 3 is 2.77 bits per heavy atom. The first-order valence-electron chi connectivity index (χ1n) is 5.47. The van der Waals surface area contributed by atoms with Crippen molar-refractivity contribution < 1.29 is 0 Å². The van der Waals surface area contributed by atoms with E-state index in [-0.39, 0.29) is 0 Å². The minimum Gasteiger partial charge on any atom is -0.314 e. The van der Waals surface area contributed by atoms with Gasteiger partial charge in [0.15, 0.2) is 0 Å². The van der Waals surface area contributed by atoms with Crippen LogP contribution in [0.5, 0.6) is 0 Å². The fourth-order valence-corrected chi connectivity index (χ4v) is 3.36. The van der Waals surface area contributed by atoms with Gasteiger partial charge in [-0.05, 0) is 25.0 Å². The van der Waals surface area contributed by atoms with E-state index < -0.39 is 0 Å². The average molecular weight is 200 g/mol. The van der Waals surface area contributed by atoms with Gasteiger partial charge in [0.1, 0.15) is 0 Å². The maximum atomic E-state index is 3.73. The molecule has 76 valence electrons. The van der Waals surface area contributed by atoms with Crippen LogP contribution >= 0.6 is 11.8 Å². The fraction of sp³-hybridized carbons (Fsp3) is 1.00. The molecule has 2 unspecified atom stereocenters. The standard InChI is InChI=1S/C10H20N2S/c1-2-13-10-4-3-8(5-10)12-9-6-11-7-9/h8-12H,2-7H2,1H3. The van der Waals surface area contributed by atoms with Crippen LogP contribution < -0.4 is 10.6 Å². The molecule has 3 heteroatoms. The second kappa shape index (κ2) is 4.67. The highest BCUT2D eigenvalue weighted by Gasteiger charge is 2.27. The number of thioether (sulfide) groups is 1. The minimum atomic E-state index is 0.773. The van der Waals surface area contributed by atoms with Gasteiger partial charge in [0.05, 0.1) is 0 Å². The summed E-state index contributed by atoms with van der Waals surface area (Å²) in [6.45, 7) is 4.63. The highest BCUT2D eigenvalue weighted by molar-refractivity contribution is 7.99. The highest BCUT2D eigenvalue weighted by Crippen LogP contribution is 2.29. The second-order valence-electron chi connectivity index (χ2n) is 4.11. The zero-order valence-corrected chi connectivity index (χ0v) is 9.20. The molecule has 0 aromatic rings. The number of rotatable bonds is 4. The molecule has 2 rings (SSSR count). The van der Waals surface area contributed by atoms with E-state index in [1.165, 1.54) is 38.1 Å². The zero-order chi connectivity index (χ0) is 9.10. The van der Waals surface area contributed by atoms with Crippen molar-refractivity contribution >= 4 is 11.8 Å². The molecule has 0 aromatic carbocycles. The predicted molar refractivity (Wildman–Crippen MR) is 59.4 cm³/mol. The molecule has 2 nitrogen and oxygen atoms in total. The lowest BCUT2D eigenvalue weighted by Crippen LogP contribution is -2.57. The van der Waals surface area contributed by atoms with Crippen LogP contribution in [-0.2, 0) is 0 Å². The Bertz CT molecular complexity index is 159. The van der Waals surface area contributed by atoms with Crippen molar-refractivity contribution in [3.8, 4) is 0 Å². The Balaban J connectivity index is 1.65. The lowest BCUT2D eigenvalue weighted by Gasteiger charge is -2.31. The van der Waals surface area contributed by atoms with Crippen LogP contribution in [0, 0.1) is 0 Å². The topological polar surface area (TPSA) is 24.1 Å². The summed E-state index contributed by atoms with van der Waals surface area (Å²) in [4.78, 5) is 0. The van der Waals surface area contributed by atoms with E-state index in [2.05, 4.69) is 29.3 Å². The summed E-state index contributed by atoms with van der Waals surface area (Å²) < 4.78 is 0. The van der Waals surface area contributed by atoms with Crippen molar-refractivity contribution in [1.29, 1.82) is 0 Å². The molecule has 0 spiro atoms. The van der Waals surface area contributed by atoms with Gasteiger partial charge in [-0.1, -0.05) is 6.92 Å². The Kier molecular flexibility index (Phi) is 3.52. The fourth-order valence-electron chi connectivity index (χ4n) is 2.22. The summed E-state index contributed by atoms with van der Waals surface area (Å²) in [6, 6.07) is 1.59. The zero-order valence-electron chi connectivity index (χ0n) is 8.38. The van der Waals surface area contributed by atoms with Gasteiger partial charge in [0.25, 0.3) is 0 Å². The van der Waals surface area contributed by atoms with Crippen LogP contribution in [0.25, 0.3) is 0 Å². The van der Waals surface area contributed by atoms with Crippen molar-refractivity contribution in [2.75, 3.05) is 18.8 Å². The largest absolute Gasteiger partial charge is 0.314 e. The summed E-state index contributed by atoms with van der Waals surface area (Å²) >= 11 is 2.14. The Morgan fingerprint density at radius 2 is 2.15 bits per heavy atom. The molecular formula is C10H20N2S. The van der Waals surface area contributed by atoms with Crippen molar-refractivity contribution in [2.45, 2.75) is 43.5 Å². The van der Waals surface area contributed by atoms with Crippen molar-refractivity contribution in [1.82, 2.24) is 10.6 Å². The monoisotopic (exact) mass is 200 g/mol. The summed E-state index contributed by atoms with van der Waals surface area (Å²) in [5.74, 6) is 1.28. The van der Waals surface area contributed by atoms with Crippen molar-refractivity contribution in [2.24, 2.45) is 0 Å². The van der Waals surface area contributed by atoms with E-state index >= 15 is 0 Å². The predicted octanol–water partition coefficient (Wildman–Crippen LogP) is 1.22. The molecule has 0 bridgehead atoms. The number of hydrogen-bond acceptors (Lipinski definition) is 3. The molecule has 0 radical (unpaired) electrons. The molecule has 1 saturated carbocycles. The van der Waals surface area contributed by atoms with Gasteiger partial charge in [-0.3, -0.25) is 0 Å². The van der Waals surface area contributed by atoms with Crippen LogP contribution in [0.15, 0.2) is 0 Å². The van der Waals surface area contributed by atoms with E-state index in [1.807, 2.05) is 0 Å². The molecule has 1 saturated heterocycles. The van der Waals surface area contributed by atoms with Crippen LogP contribution in [0.1, 0.15) is 26.2 Å². The first kappa shape index (κ1) is 9.81. The van der Waals surface area contributed by atoms with Gasteiger partial charge in [-0.15, -0.1) is 0 Å². The Labute approximate surface area is 85.2 Å². The third-order valence-electron chi connectivity index (χ3n) is 3.04. The molecule has 2 fully saturated rings. The van der Waals surface area contributed by atoms with E-state index in [0.717, 1.165) is 17.3 Å². The normalized spacial score (nSPS) is 34.8. The highest BCUT2D eigenvalue weighted by atomic mass is 32.2. The molecule has 0 aromatic heterocycles. The third kappa shape index (κ3) is 2.61. The molecular weight excluding hydrogens is 180 g/mol. The first-order chi connectivity index (χ1) is 6.38. The van der Waals surface area contributed by atoms with Gasteiger partial charge in [-0.25, -0.2) is 0 Å². The first-order valence-corrected chi connectivity index (χ1v) is 6.51.